The van der Waals surface area contributed by atoms with Gasteiger partial charge in [0, 0.05) is 29.4 Å². The smallest absolute Gasteiger partial charge is 0.209 e. The highest BCUT2D eigenvalue weighted by Gasteiger charge is 2.21. The van der Waals surface area contributed by atoms with Crippen LogP contribution in [0.3, 0.4) is 0 Å². The highest BCUT2D eigenvalue weighted by atomic mass is 35.5. The number of aryl methyl sites for hydroxylation is 2. The predicted molar refractivity (Wildman–Crippen MR) is 92.7 cm³/mol. The maximum absolute atomic E-state index is 5.96. The SMILES string of the molecule is Cc1nc(CNC2CCCn3nccc32)oc1-c1ccc(Cl)cc1. The van der Waals surface area contributed by atoms with Crippen LogP contribution < -0.4 is 5.32 Å². The van der Waals surface area contributed by atoms with Crippen molar-refractivity contribution in [3.63, 3.8) is 0 Å². The van der Waals surface area contributed by atoms with Crippen LogP contribution in [0.4, 0.5) is 0 Å². The molecule has 3 heterocycles. The van der Waals surface area contributed by atoms with Crippen LogP contribution in [0.1, 0.15) is 36.2 Å². The zero-order valence-corrected chi connectivity index (χ0v) is 14.3. The average Bonchev–Trinajstić information content (AvgIpc) is 3.20. The minimum atomic E-state index is 0.299. The maximum atomic E-state index is 5.96. The van der Waals surface area contributed by atoms with Crippen molar-refractivity contribution in [1.82, 2.24) is 20.1 Å². The quantitative estimate of drug-likeness (QED) is 0.774. The second kappa shape index (κ2) is 6.42. The number of rotatable bonds is 4. The predicted octanol–water partition coefficient (Wildman–Crippen LogP) is 4.12. The molecule has 0 amide bonds. The van der Waals surface area contributed by atoms with Crippen LogP contribution in [0.25, 0.3) is 11.3 Å². The molecule has 4 rings (SSSR count). The first kappa shape index (κ1) is 15.4. The van der Waals surface area contributed by atoms with Gasteiger partial charge in [0.05, 0.1) is 17.9 Å². The largest absolute Gasteiger partial charge is 0.439 e. The first-order chi connectivity index (χ1) is 11.7. The van der Waals surface area contributed by atoms with Gasteiger partial charge in [0.1, 0.15) is 0 Å². The van der Waals surface area contributed by atoms with Gasteiger partial charge in [-0.1, -0.05) is 11.6 Å². The molecule has 1 aromatic carbocycles. The summed E-state index contributed by atoms with van der Waals surface area (Å²) in [5.41, 5.74) is 3.12. The first-order valence-electron chi connectivity index (χ1n) is 8.18. The van der Waals surface area contributed by atoms with Gasteiger partial charge in [-0.15, -0.1) is 0 Å². The van der Waals surface area contributed by atoms with E-state index < -0.39 is 0 Å². The van der Waals surface area contributed by atoms with Gasteiger partial charge in [0.2, 0.25) is 5.89 Å². The molecule has 0 aliphatic carbocycles. The Labute approximate surface area is 145 Å². The molecule has 2 aromatic heterocycles. The molecule has 0 spiro atoms. The Bertz CT molecular complexity index is 837. The van der Waals surface area contributed by atoms with Crippen molar-refractivity contribution < 1.29 is 4.42 Å². The Balaban J connectivity index is 1.49. The minimum absolute atomic E-state index is 0.299. The van der Waals surface area contributed by atoms with Gasteiger partial charge < -0.3 is 9.73 Å². The van der Waals surface area contributed by atoms with Gasteiger partial charge in [-0.2, -0.15) is 5.10 Å². The number of benzene rings is 1. The number of oxazole rings is 1. The van der Waals surface area contributed by atoms with Crippen LogP contribution in [-0.4, -0.2) is 14.8 Å². The molecule has 1 N–H and O–H groups in total. The topological polar surface area (TPSA) is 55.9 Å². The fraction of sp³-hybridized carbons (Fsp3) is 0.333. The lowest BCUT2D eigenvalue weighted by Crippen LogP contribution is -2.27. The highest BCUT2D eigenvalue weighted by Crippen LogP contribution is 2.27. The Hall–Kier alpha value is -2.11. The number of nitrogens with zero attached hydrogens (tertiary/aromatic N) is 3. The van der Waals surface area contributed by atoms with Crippen molar-refractivity contribution in [2.75, 3.05) is 0 Å². The summed E-state index contributed by atoms with van der Waals surface area (Å²) in [5.74, 6) is 1.51. The standard InChI is InChI=1S/C18H19ClN4O/c1-12-18(13-4-6-14(19)7-5-13)24-17(22-12)11-20-15-3-2-10-23-16(15)8-9-21-23/h4-9,15,20H,2-3,10-11H2,1H3. The van der Waals surface area contributed by atoms with Crippen molar-refractivity contribution in [3.05, 3.63) is 58.8 Å². The van der Waals surface area contributed by atoms with E-state index in [0.717, 1.165) is 36.4 Å². The van der Waals surface area contributed by atoms with Gasteiger partial charge in [-0.25, -0.2) is 4.98 Å². The van der Waals surface area contributed by atoms with Crippen LogP contribution in [0.2, 0.25) is 5.02 Å². The van der Waals surface area contributed by atoms with E-state index in [1.165, 1.54) is 5.69 Å². The van der Waals surface area contributed by atoms with E-state index >= 15 is 0 Å². The lowest BCUT2D eigenvalue weighted by molar-refractivity contribution is 0.358. The van der Waals surface area contributed by atoms with Crippen molar-refractivity contribution in [3.8, 4) is 11.3 Å². The van der Waals surface area contributed by atoms with Crippen LogP contribution in [0.5, 0.6) is 0 Å². The number of nitrogens with one attached hydrogen (secondary N) is 1. The molecule has 3 aromatic rings. The third kappa shape index (κ3) is 2.97. The normalized spacial score (nSPS) is 17.0. The molecule has 1 unspecified atom stereocenters. The molecular formula is C18H19ClN4O. The molecule has 1 aliphatic rings. The number of fused-ring (bicyclic) bond motifs is 1. The Kier molecular flexibility index (Phi) is 4.12. The number of hydrogen-bond acceptors (Lipinski definition) is 4. The monoisotopic (exact) mass is 342 g/mol. The molecule has 0 radical (unpaired) electrons. The van der Waals surface area contributed by atoms with Gasteiger partial charge >= 0.3 is 0 Å². The van der Waals surface area contributed by atoms with Gasteiger partial charge in [-0.05, 0) is 50.1 Å². The van der Waals surface area contributed by atoms with E-state index in [1.54, 1.807) is 0 Å². The van der Waals surface area contributed by atoms with E-state index in [4.69, 9.17) is 16.0 Å². The molecular weight excluding hydrogens is 324 g/mol. The Morgan fingerprint density at radius 2 is 2.12 bits per heavy atom. The molecule has 24 heavy (non-hydrogen) atoms. The number of aromatic nitrogens is 3. The number of hydrogen-bond donors (Lipinski definition) is 1. The second-order valence-corrected chi connectivity index (χ2v) is 6.52. The summed E-state index contributed by atoms with van der Waals surface area (Å²) in [5, 5.41) is 8.61. The molecule has 5 nitrogen and oxygen atoms in total. The molecule has 0 fully saturated rings. The third-order valence-corrected chi connectivity index (χ3v) is 4.67. The number of halogens is 1. The highest BCUT2D eigenvalue weighted by molar-refractivity contribution is 6.30. The van der Waals surface area contributed by atoms with Gasteiger partial charge in [-0.3, -0.25) is 4.68 Å². The zero-order valence-electron chi connectivity index (χ0n) is 13.5. The molecule has 6 heteroatoms. The van der Waals surface area contributed by atoms with Crippen LogP contribution >= 0.6 is 11.6 Å². The third-order valence-electron chi connectivity index (χ3n) is 4.42. The van der Waals surface area contributed by atoms with Gasteiger partial charge in [0.25, 0.3) is 0 Å². The van der Waals surface area contributed by atoms with E-state index in [1.807, 2.05) is 37.4 Å². The summed E-state index contributed by atoms with van der Waals surface area (Å²) >= 11 is 5.95. The van der Waals surface area contributed by atoms with Gasteiger partial charge in [0.15, 0.2) is 5.76 Å². The summed E-state index contributed by atoms with van der Waals surface area (Å²) in [4.78, 5) is 4.55. The molecule has 0 saturated heterocycles. The summed E-state index contributed by atoms with van der Waals surface area (Å²) < 4.78 is 8.03. The molecule has 124 valence electrons. The lowest BCUT2D eigenvalue weighted by atomic mass is 10.0. The van der Waals surface area contributed by atoms with E-state index in [9.17, 15) is 0 Å². The molecule has 1 atom stereocenters. The first-order valence-corrected chi connectivity index (χ1v) is 8.56. The van der Waals surface area contributed by atoms with Crippen molar-refractivity contribution in [2.24, 2.45) is 0 Å². The molecule has 0 saturated carbocycles. The maximum Gasteiger partial charge on any atom is 0.209 e. The van der Waals surface area contributed by atoms with E-state index in [0.29, 0.717) is 23.5 Å². The van der Waals surface area contributed by atoms with Crippen molar-refractivity contribution >= 4 is 11.6 Å². The Morgan fingerprint density at radius 1 is 1.29 bits per heavy atom. The van der Waals surface area contributed by atoms with Crippen molar-refractivity contribution in [1.29, 1.82) is 0 Å². The van der Waals surface area contributed by atoms with E-state index in [-0.39, 0.29) is 0 Å². The van der Waals surface area contributed by atoms with Crippen molar-refractivity contribution in [2.45, 2.75) is 38.9 Å². The second-order valence-electron chi connectivity index (χ2n) is 6.08. The fourth-order valence-corrected chi connectivity index (χ4v) is 3.36. The van der Waals surface area contributed by atoms with Crippen LogP contribution in [0.15, 0.2) is 40.9 Å². The van der Waals surface area contributed by atoms with Crippen LogP contribution in [0, 0.1) is 6.92 Å². The summed E-state index contributed by atoms with van der Waals surface area (Å²) in [6, 6.07) is 10.0. The average molecular weight is 343 g/mol. The fourth-order valence-electron chi connectivity index (χ4n) is 3.23. The Morgan fingerprint density at radius 3 is 2.96 bits per heavy atom. The molecule has 1 aliphatic heterocycles. The summed E-state index contributed by atoms with van der Waals surface area (Å²) in [7, 11) is 0. The lowest BCUT2D eigenvalue weighted by Gasteiger charge is -2.24. The molecule has 0 bridgehead atoms. The van der Waals surface area contributed by atoms with Crippen LogP contribution in [-0.2, 0) is 13.1 Å². The zero-order chi connectivity index (χ0) is 16.5. The minimum Gasteiger partial charge on any atom is -0.439 e. The summed E-state index contributed by atoms with van der Waals surface area (Å²) in [6.45, 7) is 3.57. The van der Waals surface area contributed by atoms with E-state index in [2.05, 4.69) is 26.1 Å². The summed E-state index contributed by atoms with van der Waals surface area (Å²) in [6.07, 6.45) is 4.10.